The Morgan fingerprint density at radius 1 is 1.32 bits per heavy atom. The van der Waals surface area contributed by atoms with E-state index in [2.05, 4.69) is 13.8 Å². The number of hydrogen-bond acceptors (Lipinski definition) is 3. The standard InChI is InChI=1S/C16H21ClN2O3/c1-10-5-11(2)8-19(7-10)15(20)9-22-14-4-3-12(17)6-13(14)16(18)21/h3-4,6,10-11H,5,7-9H2,1-2H3,(H2,18,21)/t10-,11-/m1/s1. The number of hydrogen-bond donors (Lipinski definition) is 1. The topological polar surface area (TPSA) is 72.6 Å². The number of amides is 2. The van der Waals surface area contributed by atoms with E-state index < -0.39 is 5.91 Å². The van der Waals surface area contributed by atoms with Crippen molar-refractivity contribution in [2.45, 2.75) is 20.3 Å². The van der Waals surface area contributed by atoms with E-state index in [0.717, 1.165) is 19.5 Å². The third-order valence-corrected chi connectivity index (χ3v) is 4.01. The molecule has 0 aliphatic carbocycles. The highest BCUT2D eigenvalue weighted by Crippen LogP contribution is 2.24. The summed E-state index contributed by atoms with van der Waals surface area (Å²) in [6.45, 7) is 5.66. The van der Waals surface area contributed by atoms with Crippen molar-refractivity contribution in [3.05, 3.63) is 28.8 Å². The second kappa shape index (κ2) is 7.01. The molecule has 2 N–H and O–H groups in total. The van der Waals surface area contributed by atoms with Crippen molar-refractivity contribution in [3.8, 4) is 5.75 Å². The van der Waals surface area contributed by atoms with Crippen molar-refractivity contribution in [3.63, 3.8) is 0 Å². The molecule has 2 atom stereocenters. The summed E-state index contributed by atoms with van der Waals surface area (Å²) in [5.74, 6) is 0.547. The molecule has 1 aromatic carbocycles. The van der Waals surface area contributed by atoms with Gasteiger partial charge < -0.3 is 15.4 Å². The van der Waals surface area contributed by atoms with Crippen LogP contribution in [-0.2, 0) is 4.79 Å². The zero-order chi connectivity index (χ0) is 16.3. The zero-order valence-electron chi connectivity index (χ0n) is 12.8. The Morgan fingerprint density at radius 2 is 1.95 bits per heavy atom. The second-order valence-corrected chi connectivity index (χ2v) is 6.47. The summed E-state index contributed by atoms with van der Waals surface area (Å²) >= 11 is 5.84. The molecule has 1 aliphatic heterocycles. The van der Waals surface area contributed by atoms with Crippen LogP contribution in [0.1, 0.15) is 30.6 Å². The van der Waals surface area contributed by atoms with Gasteiger partial charge in [0, 0.05) is 18.1 Å². The molecule has 0 unspecified atom stereocenters. The lowest BCUT2D eigenvalue weighted by Gasteiger charge is -2.34. The Labute approximate surface area is 135 Å². The van der Waals surface area contributed by atoms with Gasteiger partial charge in [0.25, 0.3) is 11.8 Å². The zero-order valence-corrected chi connectivity index (χ0v) is 13.6. The van der Waals surface area contributed by atoms with E-state index in [0.29, 0.717) is 16.9 Å². The van der Waals surface area contributed by atoms with Gasteiger partial charge in [-0.25, -0.2) is 0 Å². The minimum Gasteiger partial charge on any atom is -0.483 e. The first-order valence-corrected chi connectivity index (χ1v) is 7.74. The highest BCUT2D eigenvalue weighted by atomic mass is 35.5. The molecule has 0 bridgehead atoms. The fourth-order valence-electron chi connectivity index (χ4n) is 2.92. The lowest BCUT2D eigenvalue weighted by atomic mass is 9.92. The van der Waals surface area contributed by atoms with Crippen molar-refractivity contribution in [2.24, 2.45) is 17.6 Å². The number of rotatable bonds is 4. The maximum atomic E-state index is 12.3. The molecule has 2 amide bonds. The second-order valence-electron chi connectivity index (χ2n) is 6.04. The monoisotopic (exact) mass is 324 g/mol. The number of benzene rings is 1. The van der Waals surface area contributed by atoms with Crippen molar-refractivity contribution in [1.29, 1.82) is 0 Å². The van der Waals surface area contributed by atoms with Crippen LogP contribution in [0.25, 0.3) is 0 Å². The first-order valence-electron chi connectivity index (χ1n) is 7.36. The van der Waals surface area contributed by atoms with Crippen LogP contribution in [0.3, 0.4) is 0 Å². The van der Waals surface area contributed by atoms with E-state index in [9.17, 15) is 9.59 Å². The summed E-state index contributed by atoms with van der Waals surface area (Å²) in [6.07, 6.45) is 1.13. The Balaban J connectivity index is 2.01. The van der Waals surface area contributed by atoms with E-state index in [1.54, 1.807) is 12.1 Å². The molecule has 0 radical (unpaired) electrons. The Kier molecular flexibility index (Phi) is 5.29. The van der Waals surface area contributed by atoms with Crippen molar-refractivity contribution in [2.75, 3.05) is 19.7 Å². The van der Waals surface area contributed by atoms with Gasteiger partial charge in [-0.1, -0.05) is 25.4 Å². The molecule has 1 saturated heterocycles. The van der Waals surface area contributed by atoms with Gasteiger partial charge in [-0.2, -0.15) is 0 Å². The van der Waals surface area contributed by atoms with Crippen LogP contribution in [0.5, 0.6) is 5.75 Å². The molecule has 1 heterocycles. The smallest absolute Gasteiger partial charge is 0.260 e. The van der Waals surface area contributed by atoms with Crippen LogP contribution in [0.4, 0.5) is 0 Å². The summed E-state index contributed by atoms with van der Waals surface area (Å²) in [6, 6.07) is 4.59. The van der Waals surface area contributed by atoms with E-state index in [1.165, 1.54) is 6.07 Å². The molecule has 2 rings (SSSR count). The van der Waals surface area contributed by atoms with Crippen LogP contribution in [0.2, 0.25) is 5.02 Å². The van der Waals surface area contributed by atoms with Crippen LogP contribution in [0.15, 0.2) is 18.2 Å². The number of ether oxygens (including phenoxy) is 1. The molecular formula is C16H21ClN2O3. The maximum Gasteiger partial charge on any atom is 0.260 e. The summed E-state index contributed by atoms with van der Waals surface area (Å²) in [5.41, 5.74) is 5.48. The van der Waals surface area contributed by atoms with E-state index >= 15 is 0 Å². The molecule has 0 saturated carbocycles. The number of nitrogens with zero attached hydrogens (tertiary/aromatic N) is 1. The molecule has 0 spiro atoms. The van der Waals surface area contributed by atoms with Crippen LogP contribution < -0.4 is 10.5 Å². The fraction of sp³-hybridized carbons (Fsp3) is 0.500. The summed E-state index contributed by atoms with van der Waals surface area (Å²) in [5, 5.41) is 0.395. The molecule has 1 aromatic rings. The van der Waals surface area contributed by atoms with Gasteiger partial charge in [-0.05, 0) is 36.5 Å². The number of carbonyl (C=O) groups is 2. The van der Waals surface area contributed by atoms with E-state index in [-0.39, 0.29) is 23.8 Å². The predicted octanol–water partition coefficient (Wildman–Crippen LogP) is 2.32. The highest BCUT2D eigenvalue weighted by molar-refractivity contribution is 6.31. The number of carbonyl (C=O) groups excluding carboxylic acids is 2. The van der Waals surface area contributed by atoms with Crippen LogP contribution in [-0.4, -0.2) is 36.4 Å². The van der Waals surface area contributed by atoms with Gasteiger partial charge in [-0.15, -0.1) is 0 Å². The summed E-state index contributed by atoms with van der Waals surface area (Å²) < 4.78 is 5.49. The van der Waals surface area contributed by atoms with Crippen LogP contribution in [0, 0.1) is 11.8 Å². The number of halogens is 1. The Bertz CT molecular complexity index is 567. The molecule has 1 aliphatic rings. The molecule has 5 nitrogen and oxygen atoms in total. The Hall–Kier alpha value is -1.75. The predicted molar refractivity (Wildman–Crippen MR) is 85.0 cm³/mol. The number of primary amides is 1. The van der Waals surface area contributed by atoms with Gasteiger partial charge in [0.15, 0.2) is 6.61 Å². The number of piperidine rings is 1. The third-order valence-electron chi connectivity index (χ3n) is 3.78. The lowest BCUT2D eigenvalue weighted by molar-refractivity contribution is -0.136. The molecule has 1 fully saturated rings. The summed E-state index contributed by atoms with van der Waals surface area (Å²) in [7, 11) is 0. The molecular weight excluding hydrogens is 304 g/mol. The minimum absolute atomic E-state index is 0.0798. The highest BCUT2D eigenvalue weighted by Gasteiger charge is 2.25. The van der Waals surface area contributed by atoms with Crippen LogP contribution >= 0.6 is 11.6 Å². The van der Waals surface area contributed by atoms with Gasteiger partial charge in [0.2, 0.25) is 0 Å². The average Bonchev–Trinajstić information content (AvgIpc) is 2.44. The van der Waals surface area contributed by atoms with Gasteiger partial charge in [-0.3, -0.25) is 9.59 Å². The largest absolute Gasteiger partial charge is 0.483 e. The molecule has 120 valence electrons. The van der Waals surface area contributed by atoms with E-state index in [4.69, 9.17) is 22.1 Å². The first-order chi connectivity index (χ1) is 10.4. The molecule has 0 aromatic heterocycles. The van der Waals surface area contributed by atoms with Crippen molar-refractivity contribution < 1.29 is 14.3 Å². The maximum absolute atomic E-state index is 12.3. The third kappa shape index (κ3) is 4.13. The lowest BCUT2D eigenvalue weighted by Crippen LogP contribution is -2.44. The molecule has 22 heavy (non-hydrogen) atoms. The average molecular weight is 325 g/mol. The van der Waals surface area contributed by atoms with Crippen molar-refractivity contribution in [1.82, 2.24) is 4.90 Å². The Morgan fingerprint density at radius 3 is 2.55 bits per heavy atom. The fourth-order valence-corrected chi connectivity index (χ4v) is 3.09. The van der Waals surface area contributed by atoms with Crippen molar-refractivity contribution >= 4 is 23.4 Å². The van der Waals surface area contributed by atoms with Gasteiger partial charge in [0.1, 0.15) is 5.75 Å². The quantitative estimate of drug-likeness (QED) is 0.923. The number of nitrogens with two attached hydrogens (primary N) is 1. The first kappa shape index (κ1) is 16.6. The van der Waals surface area contributed by atoms with E-state index in [1.807, 2.05) is 4.90 Å². The molecule has 6 heteroatoms. The SMILES string of the molecule is C[C@@H]1C[C@@H](C)CN(C(=O)COc2ccc(Cl)cc2C(N)=O)C1. The van der Waals surface area contributed by atoms with Gasteiger partial charge >= 0.3 is 0 Å². The number of likely N-dealkylation sites (tertiary alicyclic amines) is 1. The normalized spacial score (nSPS) is 21.5. The van der Waals surface area contributed by atoms with Gasteiger partial charge in [0.05, 0.1) is 5.56 Å². The summed E-state index contributed by atoms with van der Waals surface area (Å²) in [4.78, 5) is 25.5. The minimum atomic E-state index is -0.634.